The highest BCUT2D eigenvalue weighted by atomic mass is 16.1. The van der Waals surface area contributed by atoms with Gasteiger partial charge in [-0.1, -0.05) is 27.2 Å². The van der Waals surface area contributed by atoms with E-state index in [0.29, 0.717) is 23.5 Å². The zero-order valence-corrected chi connectivity index (χ0v) is 12.9. The highest BCUT2D eigenvalue weighted by Gasteiger charge is 2.54. The van der Waals surface area contributed by atoms with E-state index in [9.17, 15) is 9.59 Å². The lowest BCUT2D eigenvalue weighted by Gasteiger charge is -2.54. The van der Waals surface area contributed by atoms with Crippen LogP contribution in [0.1, 0.15) is 72.6 Å². The van der Waals surface area contributed by atoms with Crippen LogP contribution in [0.25, 0.3) is 0 Å². The van der Waals surface area contributed by atoms with E-state index in [1.54, 1.807) is 6.92 Å². The number of ketones is 2. The van der Waals surface area contributed by atoms with Crippen molar-refractivity contribution in [3.8, 4) is 0 Å². The summed E-state index contributed by atoms with van der Waals surface area (Å²) >= 11 is 0. The summed E-state index contributed by atoms with van der Waals surface area (Å²) in [6.45, 7) is 8.49. The van der Waals surface area contributed by atoms with Crippen molar-refractivity contribution in [1.29, 1.82) is 0 Å². The van der Waals surface area contributed by atoms with Crippen LogP contribution in [-0.2, 0) is 9.59 Å². The van der Waals surface area contributed by atoms with Crippen LogP contribution in [0.2, 0.25) is 0 Å². The summed E-state index contributed by atoms with van der Waals surface area (Å²) in [5, 5.41) is 0. The van der Waals surface area contributed by atoms with E-state index in [1.165, 1.54) is 12.8 Å². The first-order valence-electron chi connectivity index (χ1n) is 7.81. The van der Waals surface area contributed by atoms with Crippen LogP contribution in [0.4, 0.5) is 0 Å². The molecule has 2 heteroatoms. The molecular formula is C17H28O2. The second kappa shape index (κ2) is 5.03. The third kappa shape index (κ3) is 2.64. The molecule has 0 spiro atoms. The summed E-state index contributed by atoms with van der Waals surface area (Å²) in [5.41, 5.74) is 0.176. The van der Waals surface area contributed by atoms with Gasteiger partial charge >= 0.3 is 0 Å². The average Bonchev–Trinajstić information content (AvgIpc) is 2.29. The van der Waals surface area contributed by atoms with Crippen LogP contribution in [0.15, 0.2) is 0 Å². The average molecular weight is 264 g/mol. The molecule has 2 nitrogen and oxygen atoms in total. The third-order valence-electron chi connectivity index (χ3n) is 5.81. The van der Waals surface area contributed by atoms with Gasteiger partial charge in [-0.2, -0.15) is 0 Å². The Bertz CT molecular complexity index is 383. The van der Waals surface area contributed by atoms with E-state index < -0.39 is 0 Å². The second-order valence-corrected chi connectivity index (χ2v) is 7.69. The van der Waals surface area contributed by atoms with Crippen molar-refractivity contribution in [3.63, 3.8) is 0 Å². The minimum atomic E-state index is -0.124. The Labute approximate surface area is 117 Å². The van der Waals surface area contributed by atoms with Crippen LogP contribution in [0, 0.1) is 22.7 Å². The molecule has 3 unspecified atom stereocenters. The molecule has 0 amide bonds. The highest BCUT2D eigenvalue weighted by molar-refractivity contribution is 5.88. The van der Waals surface area contributed by atoms with Gasteiger partial charge in [0.15, 0.2) is 0 Å². The first-order chi connectivity index (χ1) is 8.77. The molecule has 0 heterocycles. The van der Waals surface area contributed by atoms with Crippen molar-refractivity contribution >= 4 is 11.6 Å². The van der Waals surface area contributed by atoms with Crippen molar-refractivity contribution in [1.82, 2.24) is 0 Å². The van der Waals surface area contributed by atoms with Crippen molar-refractivity contribution in [2.45, 2.75) is 72.6 Å². The van der Waals surface area contributed by atoms with Gasteiger partial charge in [-0.15, -0.1) is 0 Å². The lowest BCUT2D eigenvalue weighted by Crippen LogP contribution is -2.52. The largest absolute Gasteiger partial charge is 0.300 e. The number of carbonyl (C=O) groups excluding carboxylic acids is 2. The van der Waals surface area contributed by atoms with E-state index in [-0.39, 0.29) is 17.1 Å². The highest BCUT2D eigenvalue weighted by Crippen LogP contribution is 2.57. The van der Waals surface area contributed by atoms with Crippen molar-refractivity contribution < 1.29 is 9.59 Å². The van der Waals surface area contributed by atoms with Gasteiger partial charge in [-0.05, 0) is 50.4 Å². The van der Waals surface area contributed by atoms with Gasteiger partial charge in [0, 0.05) is 17.8 Å². The number of Topliss-reactive ketones (excluding diaryl/α,β-unsaturated/α-hetero) is 2. The minimum absolute atomic E-state index is 0.124. The standard InChI is InChI=1S/C17H28O2/c1-12(18)6-7-13-8-9-14-16(2,3)10-5-11-17(14,4)15(13)19/h13-14H,5-11H2,1-4H3. The first-order valence-corrected chi connectivity index (χ1v) is 7.81. The van der Waals surface area contributed by atoms with E-state index >= 15 is 0 Å². The molecule has 0 aromatic carbocycles. The third-order valence-corrected chi connectivity index (χ3v) is 5.81. The fourth-order valence-electron chi connectivity index (χ4n) is 4.74. The number of carbonyl (C=O) groups is 2. The zero-order chi connectivity index (χ0) is 14.3. The maximum Gasteiger partial charge on any atom is 0.142 e. The molecule has 0 aromatic heterocycles. The topological polar surface area (TPSA) is 34.1 Å². The SMILES string of the molecule is CC(=O)CCC1CCC2C(C)(C)CCCC2(C)C1=O. The number of rotatable bonds is 3. The minimum Gasteiger partial charge on any atom is -0.300 e. The van der Waals surface area contributed by atoms with Crippen LogP contribution in [-0.4, -0.2) is 11.6 Å². The molecule has 2 aliphatic carbocycles. The van der Waals surface area contributed by atoms with Crippen LogP contribution >= 0.6 is 0 Å². The Morgan fingerprint density at radius 3 is 2.53 bits per heavy atom. The van der Waals surface area contributed by atoms with Gasteiger partial charge in [0.2, 0.25) is 0 Å². The second-order valence-electron chi connectivity index (χ2n) is 7.69. The Balaban J connectivity index is 2.15. The molecule has 0 radical (unpaired) electrons. The predicted octanol–water partition coefficient (Wildman–Crippen LogP) is 4.17. The van der Waals surface area contributed by atoms with Crippen molar-refractivity contribution in [3.05, 3.63) is 0 Å². The molecule has 2 fully saturated rings. The summed E-state index contributed by atoms with van der Waals surface area (Å²) < 4.78 is 0. The summed E-state index contributed by atoms with van der Waals surface area (Å²) in [7, 11) is 0. The van der Waals surface area contributed by atoms with Crippen LogP contribution in [0.5, 0.6) is 0 Å². The Morgan fingerprint density at radius 1 is 1.21 bits per heavy atom. The Morgan fingerprint density at radius 2 is 1.89 bits per heavy atom. The predicted molar refractivity (Wildman–Crippen MR) is 76.9 cm³/mol. The van der Waals surface area contributed by atoms with Crippen molar-refractivity contribution in [2.24, 2.45) is 22.7 Å². The molecular weight excluding hydrogens is 236 g/mol. The Kier molecular flexibility index (Phi) is 3.90. The molecule has 0 aliphatic heterocycles. The number of hydrogen-bond acceptors (Lipinski definition) is 2. The van der Waals surface area contributed by atoms with Gasteiger partial charge in [0.1, 0.15) is 11.6 Å². The van der Waals surface area contributed by atoms with E-state index in [1.807, 2.05) is 0 Å². The molecule has 2 saturated carbocycles. The van der Waals surface area contributed by atoms with E-state index in [2.05, 4.69) is 20.8 Å². The fraction of sp³-hybridized carbons (Fsp3) is 0.882. The zero-order valence-electron chi connectivity index (χ0n) is 12.9. The molecule has 3 atom stereocenters. The number of hydrogen-bond donors (Lipinski definition) is 0. The van der Waals surface area contributed by atoms with E-state index in [0.717, 1.165) is 25.7 Å². The molecule has 0 saturated heterocycles. The van der Waals surface area contributed by atoms with Gasteiger partial charge in [0.25, 0.3) is 0 Å². The molecule has 0 aromatic rings. The maximum atomic E-state index is 12.9. The molecule has 19 heavy (non-hydrogen) atoms. The van der Waals surface area contributed by atoms with Gasteiger partial charge in [0.05, 0.1) is 0 Å². The summed E-state index contributed by atoms with van der Waals surface area (Å²) in [6, 6.07) is 0. The molecule has 2 rings (SSSR count). The smallest absolute Gasteiger partial charge is 0.142 e. The normalized spacial score (nSPS) is 37.8. The van der Waals surface area contributed by atoms with Gasteiger partial charge < -0.3 is 4.79 Å². The van der Waals surface area contributed by atoms with Crippen LogP contribution < -0.4 is 0 Å². The monoisotopic (exact) mass is 264 g/mol. The summed E-state index contributed by atoms with van der Waals surface area (Å²) in [4.78, 5) is 24.0. The fourth-order valence-corrected chi connectivity index (χ4v) is 4.74. The quantitative estimate of drug-likeness (QED) is 0.766. The maximum absolute atomic E-state index is 12.9. The van der Waals surface area contributed by atoms with Crippen LogP contribution in [0.3, 0.4) is 0 Å². The first kappa shape index (κ1) is 14.7. The summed E-state index contributed by atoms with van der Waals surface area (Å²) in [6.07, 6.45) is 6.98. The molecule has 108 valence electrons. The molecule has 2 aliphatic rings. The molecule has 0 bridgehead atoms. The van der Waals surface area contributed by atoms with Crippen molar-refractivity contribution in [2.75, 3.05) is 0 Å². The van der Waals surface area contributed by atoms with Gasteiger partial charge in [-0.3, -0.25) is 4.79 Å². The van der Waals surface area contributed by atoms with E-state index in [4.69, 9.17) is 0 Å². The lowest BCUT2D eigenvalue weighted by molar-refractivity contribution is -0.149. The molecule has 0 N–H and O–H groups in total. The van der Waals surface area contributed by atoms with Gasteiger partial charge in [-0.25, -0.2) is 0 Å². The lowest BCUT2D eigenvalue weighted by atomic mass is 9.49. The number of fused-ring (bicyclic) bond motifs is 1. The Hall–Kier alpha value is -0.660. The summed E-state index contributed by atoms with van der Waals surface area (Å²) in [5.74, 6) is 1.34.